The van der Waals surface area contributed by atoms with Gasteiger partial charge in [-0.3, -0.25) is 4.90 Å². The minimum atomic E-state index is -0.106. The summed E-state index contributed by atoms with van der Waals surface area (Å²) < 4.78 is 0. The van der Waals surface area contributed by atoms with Gasteiger partial charge in [0.25, 0.3) is 0 Å². The van der Waals surface area contributed by atoms with Crippen LogP contribution in [0.4, 0.5) is 0 Å². The average Bonchev–Trinajstić information content (AvgIpc) is 2.78. The van der Waals surface area contributed by atoms with E-state index in [1.807, 2.05) is 12.1 Å². The fourth-order valence-electron chi connectivity index (χ4n) is 2.65. The Morgan fingerprint density at radius 3 is 2.63 bits per heavy atom. The van der Waals surface area contributed by atoms with Crippen LogP contribution in [0.15, 0.2) is 24.3 Å². The lowest BCUT2D eigenvalue weighted by Gasteiger charge is -2.25. The first kappa shape index (κ1) is 14.1. The number of aliphatic hydroxyl groups excluding tert-OH is 2. The van der Waals surface area contributed by atoms with Gasteiger partial charge in [0.1, 0.15) is 6.61 Å². The maximum atomic E-state index is 9.44. The third-order valence-corrected chi connectivity index (χ3v) is 3.84. The van der Waals surface area contributed by atoms with Crippen LogP contribution in [0.3, 0.4) is 0 Å². The second kappa shape index (κ2) is 6.72. The number of rotatable bonds is 3. The maximum Gasteiger partial charge on any atom is 0.104 e. The van der Waals surface area contributed by atoms with Crippen molar-refractivity contribution in [3.63, 3.8) is 0 Å². The summed E-state index contributed by atoms with van der Waals surface area (Å²) in [4.78, 5) is 2.35. The van der Waals surface area contributed by atoms with Crippen molar-refractivity contribution >= 4 is 0 Å². The molecule has 1 saturated heterocycles. The minimum absolute atomic E-state index is 0.106. The zero-order chi connectivity index (χ0) is 13.7. The normalized spacial score (nSPS) is 23.1. The van der Waals surface area contributed by atoms with Crippen LogP contribution >= 0.6 is 0 Å². The highest BCUT2D eigenvalue weighted by Crippen LogP contribution is 2.25. The van der Waals surface area contributed by atoms with Gasteiger partial charge in [0.2, 0.25) is 0 Å². The van der Waals surface area contributed by atoms with Crippen molar-refractivity contribution in [2.24, 2.45) is 5.92 Å². The van der Waals surface area contributed by atoms with Crippen molar-refractivity contribution in [2.75, 3.05) is 19.8 Å². The van der Waals surface area contributed by atoms with Crippen LogP contribution in [0.2, 0.25) is 0 Å². The number of nitrogens with zero attached hydrogens (tertiary/aromatic N) is 1. The summed E-state index contributed by atoms with van der Waals surface area (Å²) in [6.07, 6.45) is 1.16. The molecule has 2 unspecified atom stereocenters. The molecule has 102 valence electrons. The second-order valence-electron chi connectivity index (χ2n) is 5.14. The maximum absolute atomic E-state index is 9.44. The van der Waals surface area contributed by atoms with E-state index >= 15 is 0 Å². The Morgan fingerprint density at radius 2 is 2.00 bits per heavy atom. The Bertz CT molecular complexity index is 458. The molecule has 0 spiro atoms. The largest absolute Gasteiger partial charge is 0.395 e. The van der Waals surface area contributed by atoms with Crippen LogP contribution in [0.25, 0.3) is 0 Å². The Hall–Kier alpha value is -1.34. The summed E-state index contributed by atoms with van der Waals surface area (Å²) in [5.41, 5.74) is 2.16. The van der Waals surface area contributed by atoms with Crippen molar-refractivity contribution in [3.8, 4) is 11.8 Å². The van der Waals surface area contributed by atoms with E-state index in [1.165, 1.54) is 5.56 Å². The predicted molar refractivity (Wildman–Crippen MR) is 75.5 cm³/mol. The van der Waals surface area contributed by atoms with Gasteiger partial charge in [-0.15, -0.1) is 0 Å². The monoisotopic (exact) mass is 259 g/mol. The first-order valence-electron chi connectivity index (χ1n) is 6.78. The second-order valence-corrected chi connectivity index (χ2v) is 5.14. The van der Waals surface area contributed by atoms with Crippen molar-refractivity contribution < 1.29 is 10.2 Å². The van der Waals surface area contributed by atoms with E-state index in [2.05, 4.69) is 35.8 Å². The quantitative estimate of drug-likeness (QED) is 0.803. The van der Waals surface area contributed by atoms with Gasteiger partial charge in [0.05, 0.1) is 6.61 Å². The molecule has 2 N–H and O–H groups in total. The molecule has 3 nitrogen and oxygen atoms in total. The summed E-state index contributed by atoms with van der Waals surface area (Å²) in [6, 6.07) is 8.38. The molecule has 1 aliphatic heterocycles. The van der Waals surface area contributed by atoms with Crippen molar-refractivity contribution in [1.82, 2.24) is 4.90 Å². The van der Waals surface area contributed by atoms with E-state index < -0.39 is 0 Å². The topological polar surface area (TPSA) is 43.7 Å². The molecule has 1 aliphatic rings. The zero-order valence-electron chi connectivity index (χ0n) is 11.3. The molecule has 19 heavy (non-hydrogen) atoms. The zero-order valence-corrected chi connectivity index (χ0v) is 11.3. The van der Waals surface area contributed by atoms with Gasteiger partial charge in [-0.05, 0) is 36.6 Å². The van der Waals surface area contributed by atoms with E-state index in [4.69, 9.17) is 5.11 Å². The van der Waals surface area contributed by atoms with Crippen LogP contribution in [-0.2, 0) is 6.54 Å². The molecule has 0 aliphatic carbocycles. The molecule has 1 fully saturated rings. The number of hydrogen-bond donors (Lipinski definition) is 2. The highest BCUT2D eigenvalue weighted by molar-refractivity contribution is 5.36. The van der Waals surface area contributed by atoms with E-state index in [1.54, 1.807) is 0 Å². The summed E-state index contributed by atoms with van der Waals surface area (Å²) in [6.45, 7) is 4.27. The first-order chi connectivity index (χ1) is 9.24. The molecule has 1 aromatic rings. The first-order valence-corrected chi connectivity index (χ1v) is 6.78. The molecule has 0 aromatic heterocycles. The van der Waals surface area contributed by atoms with Crippen molar-refractivity contribution in [2.45, 2.75) is 25.9 Å². The van der Waals surface area contributed by atoms with Gasteiger partial charge < -0.3 is 10.2 Å². The molecule has 2 rings (SSSR count). The average molecular weight is 259 g/mol. The van der Waals surface area contributed by atoms with Crippen molar-refractivity contribution in [1.29, 1.82) is 0 Å². The summed E-state index contributed by atoms with van der Waals surface area (Å²) >= 11 is 0. The van der Waals surface area contributed by atoms with Gasteiger partial charge in [0.15, 0.2) is 0 Å². The molecular formula is C16H21NO2. The van der Waals surface area contributed by atoms with Crippen LogP contribution in [0.5, 0.6) is 0 Å². The molecular weight excluding hydrogens is 238 g/mol. The third kappa shape index (κ3) is 3.57. The van der Waals surface area contributed by atoms with Gasteiger partial charge in [0, 0.05) is 18.2 Å². The Balaban J connectivity index is 1.99. The van der Waals surface area contributed by atoms with Crippen LogP contribution in [0, 0.1) is 17.8 Å². The summed E-state index contributed by atoms with van der Waals surface area (Å²) in [5.74, 6) is 6.10. The molecule has 3 heteroatoms. The Morgan fingerprint density at radius 1 is 1.26 bits per heavy atom. The highest BCUT2D eigenvalue weighted by Gasteiger charge is 2.30. The Labute approximate surface area is 114 Å². The molecule has 0 amide bonds. The fraction of sp³-hybridized carbons (Fsp3) is 0.500. The molecule has 0 bridgehead atoms. The lowest BCUT2D eigenvalue weighted by molar-refractivity contribution is 0.134. The standard InChI is InChI=1S/C16H21NO2/c1-13-8-9-17(16(13)12-19)11-15-6-4-14(5-7-15)3-2-10-18/h4-7,13,16,18-19H,8-12H2,1H3. The van der Waals surface area contributed by atoms with Crippen LogP contribution < -0.4 is 0 Å². The van der Waals surface area contributed by atoms with Gasteiger partial charge in [-0.2, -0.15) is 0 Å². The number of hydrogen-bond acceptors (Lipinski definition) is 3. The van der Waals surface area contributed by atoms with Crippen molar-refractivity contribution in [3.05, 3.63) is 35.4 Å². The minimum Gasteiger partial charge on any atom is -0.395 e. The van der Waals surface area contributed by atoms with Crippen LogP contribution in [0.1, 0.15) is 24.5 Å². The highest BCUT2D eigenvalue weighted by atomic mass is 16.3. The molecule has 1 aromatic carbocycles. The SMILES string of the molecule is CC1CCN(Cc2ccc(C#CCO)cc2)C1CO. The number of likely N-dealkylation sites (tertiary alicyclic amines) is 1. The van der Waals surface area contributed by atoms with Crippen LogP contribution in [-0.4, -0.2) is 40.9 Å². The molecule has 0 saturated carbocycles. The molecule has 2 atom stereocenters. The number of aliphatic hydroxyl groups is 2. The van der Waals surface area contributed by atoms with E-state index in [9.17, 15) is 5.11 Å². The lowest BCUT2D eigenvalue weighted by atomic mass is 10.0. The van der Waals surface area contributed by atoms with E-state index in [-0.39, 0.29) is 19.3 Å². The summed E-state index contributed by atoms with van der Waals surface area (Å²) in [5, 5.41) is 18.1. The van der Waals surface area contributed by atoms with Gasteiger partial charge in [-0.1, -0.05) is 30.9 Å². The molecule has 1 heterocycles. The van der Waals surface area contributed by atoms with Gasteiger partial charge >= 0.3 is 0 Å². The smallest absolute Gasteiger partial charge is 0.104 e. The summed E-state index contributed by atoms with van der Waals surface area (Å²) in [7, 11) is 0. The van der Waals surface area contributed by atoms with Gasteiger partial charge in [-0.25, -0.2) is 0 Å². The third-order valence-electron chi connectivity index (χ3n) is 3.84. The predicted octanol–water partition coefficient (Wildman–Crippen LogP) is 1.23. The fourth-order valence-corrected chi connectivity index (χ4v) is 2.65. The van der Waals surface area contributed by atoms with E-state index in [0.29, 0.717) is 5.92 Å². The Kier molecular flexibility index (Phi) is 4.98. The lowest BCUT2D eigenvalue weighted by Crippen LogP contribution is -2.34. The number of benzene rings is 1. The molecule has 0 radical (unpaired) electrons. The van der Waals surface area contributed by atoms with E-state index in [0.717, 1.165) is 25.1 Å².